The smallest absolute Gasteiger partial charge is 0.338 e. The third-order valence-electron chi connectivity index (χ3n) is 6.19. The molecule has 0 saturated carbocycles. The van der Waals surface area contributed by atoms with Crippen molar-refractivity contribution in [1.29, 1.82) is 0 Å². The summed E-state index contributed by atoms with van der Waals surface area (Å²) in [5.74, 6) is 0.918. The molecule has 0 unspecified atom stereocenters. The largest absolute Gasteiger partial charge is 0.497 e. The van der Waals surface area contributed by atoms with Crippen LogP contribution in [0.3, 0.4) is 0 Å². The lowest BCUT2D eigenvalue weighted by atomic mass is 9.96. The van der Waals surface area contributed by atoms with Crippen LogP contribution in [0.5, 0.6) is 5.75 Å². The highest BCUT2D eigenvalue weighted by Gasteiger charge is 2.33. The molecule has 0 aliphatic carbocycles. The van der Waals surface area contributed by atoms with Crippen molar-refractivity contribution in [3.05, 3.63) is 113 Å². The van der Waals surface area contributed by atoms with E-state index in [9.17, 15) is 19.7 Å². The summed E-state index contributed by atoms with van der Waals surface area (Å²) in [7, 11) is 1.56. The molecule has 2 aromatic carbocycles. The Kier molecular flexibility index (Phi) is 6.99. The minimum atomic E-state index is -0.745. The average molecular weight is 546 g/mol. The molecule has 198 valence electrons. The quantitative estimate of drug-likeness (QED) is 0.195. The molecule has 0 radical (unpaired) electrons. The average Bonchev–Trinajstić information content (AvgIpc) is 3.52. The Morgan fingerprint density at radius 1 is 1.21 bits per heavy atom. The van der Waals surface area contributed by atoms with Crippen LogP contribution in [0, 0.1) is 10.1 Å². The van der Waals surface area contributed by atoms with Gasteiger partial charge in [-0.3, -0.25) is 19.5 Å². The summed E-state index contributed by atoms with van der Waals surface area (Å²) in [6.07, 6.45) is 1.60. The molecule has 0 amide bonds. The van der Waals surface area contributed by atoms with Gasteiger partial charge in [0, 0.05) is 23.8 Å². The van der Waals surface area contributed by atoms with E-state index >= 15 is 0 Å². The number of hydrogen-bond donors (Lipinski definition) is 0. The summed E-state index contributed by atoms with van der Waals surface area (Å²) >= 11 is 1.17. The highest BCUT2D eigenvalue weighted by Crippen LogP contribution is 2.32. The van der Waals surface area contributed by atoms with Crippen LogP contribution in [-0.2, 0) is 9.53 Å². The van der Waals surface area contributed by atoms with Gasteiger partial charge in [0.1, 0.15) is 17.3 Å². The second kappa shape index (κ2) is 10.5. The molecule has 2 aromatic heterocycles. The summed E-state index contributed by atoms with van der Waals surface area (Å²) in [5.41, 5.74) is 1.60. The molecule has 39 heavy (non-hydrogen) atoms. The first-order valence-corrected chi connectivity index (χ1v) is 12.8. The maximum atomic E-state index is 13.7. The van der Waals surface area contributed by atoms with Crippen molar-refractivity contribution in [2.75, 3.05) is 13.7 Å². The van der Waals surface area contributed by atoms with Gasteiger partial charge in [-0.15, -0.1) is 0 Å². The number of allylic oxidation sites excluding steroid dienone is 1. The van der Waals surface area contributed by atoms with E-state index in [1.807, 2.05) is 0 Å². The van der Waals surface area contributed by atoms with Gasteiger partial charge >= 0.3 is 5.97 Å². The lowest BCUT2D eigenvalue weighted by Gasteiger charge is -2.24. The lowest BCUT2D eigenvalue weighted by Crippen LogP contribution is -2.39. The standard InChI is InChI=1S/C28H23N3O7S/c1-4-37-27(33)24-16(2)29-28-30(25(24)17-8-10-20(36-3)11-9-17)26(32)23(39-28)15-21-12-13-22(38-21)18-6-5-7-19(14-18)31(34)35/h5-15,25H,4H2,1-3H3/t25-/m0/s1. The van der Waals surface area contributed by atoms with Gasteiger partial charge in [-0.05, 0) is 43.7 Å². The molecular formula is C28H23N3O7S. The molecule has 5 rings (SSSR count). The number of methoxy groups -OCH3 is 1. The monoisotopic (exact) mass is 545 g/mol. The van der Waals surface area contributed by atoms with E-state index in [2.05, 4.69) is 4.99 Å². The molecule has 0 bridgehead atoms. The molecule has 1 aliphatic rings. The Bertz CT molecular complexity index is 1800. The van der Waals surface area contributed by atoms with Gasteiger partial charge in [0.05, 0.1) is 40.5 Å². The fourth-order valence-corrected chi connectivity index (χ4v) is 5.41. The van der Waals surface area contributed by atoms with Crippen molar-refractivity contribution in [2.24, 2.45) is 4.99 Å². The number of nitrogens with zero attached hydrogens (tertiary/aromatic N) is 3. The minimum Gasteiger partial charge on any atom is -0.497 e. The fraction of sp³-hybridized carbons (Fsp3) is 0.179. The van der Waals surface area contributed by atoms with Crippen molar-refractivity contribution >= 4 is 29.1 Å². The van der Waals surface area contributed by atoms with Gasteiger partial charge < -0.3 is 13.9 Å². The molecule has 0 N–H and O–H groups in total. The predicted octanol–water partition coefficient (Wildman–Crippen LogP) is 3.98. The van der Waals surface area contributed by atoms with Gasteiger partial charge in [-0.2, -0.15) is 0 Å². The Balaban J connectivity index is 1.61. The number of nitro groups is 1. The fourth-order valence-electron chi connectivity index (χ4n) is 4.38. The molecule has 10 nitrogen and oxygen atoms in total. The highest BCUT2D eigenvalue weighted by atomic mass is 32.1. The number of carbonyl (C=O) groups excluding carboxylic acids is 1. The minimum absolute atomic E-state index is 0.0509. The number of carbonyl (C=O) groups is 1. The number of fused-ring (bicyclic) bond motifs is 1. The van der Waals surface area contributed by atoms with Gasteiger partial charge in [0.25, 0.3) is 11.2 Å². The van der Waals surface area contributed by atoms with Crippen molar-refractivity contribution in [1.82, 2.24) is 4.57 Å². The van der Waals surface area contributed by atoms with E-state index < -0.39 is 16.9 Å². The van der Waals surface area contributed by atoms with Crippen LogP contribution in [-0.4, -0.2) is 29.2 Å². The molecular weight excluding hydrogens is 522 g/mol. The van der Waals surface area contributed by atoms with Crippen LogP contribution in [0.15, 0.2) is 86.1 Å². The van der Waals surface area contributed by atoms with E-state index in [1.54, 1.807) is 75.6 Å². The highest BCUT2D eigenvalue weighted by molar-refractivity contribution is 7.07. The summed E-state index contributed by atoms with van der Waals surface area (Å²) in [6, 6.07) is 15.9. The number of aromatic nitrogens is 1. The summed E-state index contributed by atoms with van der Waals surface area (Å²) in [6.45, 7) is 3.62. The molecule has 4 aromatic rings. The van der Waals surface area contributed by atoms with E-state index in [-0.39, 0.29) is 23.4 Å². The van der Waals surface area contributed by atoms with Gasteiger partial charge in [-0.1, -0.05) is 35.6 Å². The van der Waals surface area contributed by atoms with Crippen LogP contribution in [0.4, 0.5) is 5.69 Å². The number of nitro benzene ring substituents is 1. The second-order valence-electron chi connectivity index (χ2n) is 8.58. The van der Waals surface area contributed by atoms with E-state index in [0.717, 1.165) is 0 Å². The topological polar surface area (TPSA) is 126 Å². The van der Waals surface area contributed by atoms with Gasteiger partial charge in [0.2, 0.25) is 0 Å². The maximum absolute atomic E-state index is 13.7. The van der Waals surface area contributed by atoms with Gasteiger partial charge in [-0.25, -0.2) is 9.79 Å². The predicted molar refractivity (Wildman–Crippen MR) is 144 cm³/mol. The number of benzene rings is 2. The van der Waals surface area contributed by atoms with Crippen LogP contribution in [0.1, 0.15) is 31.2 Å². The van der Waals surface area contributed by atoms with Crippen molar-refractivity contribution in [2.45, 2.75) is 19.9 Å². The number of ether oxygens (including phenoxy) is 2. The zero-order valence-corrected chi connectivity index (χ0v) is 22.1. The Labute approximate surface area is 225 Å². The van der Waals surface area contributed by atoms with Crippen molar-refractivity contribution < 1.29 is 23.6 Å². The first-order chi connectivity index (χ1) is 18.8. The molecule has 0 saturated heterocycles. The van der Waals surface area contributed by atoms with E-state index in [1.165, 1.54) is 28.0 Å². The van der Waals surface area contributed by atoms with Crippen LogP contribution < -0.4 is 19.6 Å². The van der Waals surface area contributed by atoms with Crippen LogP contribution in [0.2, 0.25) is 0 Å². The Morgan fingerprint density at radius 3 is 2.67 bits per heavy atom. The summed E-state index contributed by atoms with van der Waals surface area (Å²) in [4.78, 5) is 42.4. The zero-order chi connectivity index (χ0) is 27.7. The first-order valence-electron chi connectivity index (χ1n) is 12.0. The summed E-state index contributed by atoms with van der Waals surface area (Å²) < 4.78 is 18.3. The number of hydrogen-bond acceptors (Lipinski definition) is 9. The lowest BCUT2D eigenvalue weighted by molar-refractivity contribution is -0.384. The summed E-state index contributed by atoms with van der Waals surface area (Å²) in [5, 5.41) is 11.1. The third kappa shape index (κ3) is 4.91. The number of furan rings is 1. The number of non-ortho nitro benzene ring substituents is 1. The molecule has 0 spiro atoms. The van der Waals surface area contributed by atoms with E-state index in [0.29, 0.717) is 43.4 Å². The SMILES string of the molecule is CCOC(=O)C1=C(C)N=c2sc(=Cc3ccc(-c4cccc([N+](=O)[O-])c4)o3)c(=O)n2[C@H]1c1ccc(OC)cc1. The third-order valence-corrected chi connectivity index (χ3v) is 7.17. The molecule has 1 atom stereocenters. The maximum Gasteiger partial charge on any atom is 0.338 e. The number of rotatable bonds is 7. The second-order valence-corrected chi connectivity index (χ2v) is 9.59. The molecule has 11 heteroatoms. The first kappa shape index (κ1) is 25.9. The Morgan fingerprint density at radius 2 is 1.97 bits per heavy atom. The number of thiazole rings is 1. The molecule has 1 aliphatic heterocycles. The van der Waals surface area contributed by atoms with Crippen LogP contribution in [0.25, 0.3) is 17.4 Å². The van der Waals surface area contributed by atoms with Crippen molar-refractivity contribution in [3.8, 4) is 17.1 Å². The molecule has 0 fully saturated rings. The number of esters is 1. The van der Waals surface area contributed by atoms with Gasteiger partial charge in [0.15, 0.2) is 4.80 Å². The van der Waals surface area contributed by atoms with Crippen LogP contribution >= 0.6 is 11.3 Å². The van der Waals surface area contributed by atoms with E-state index in [4.69, 9.17) is 13.9 Å². The molecule has 3 heterocycles. The van der Waals surface area contributed by atoms with Crippen molar-refractivity contribution in [3.63, 3.8) is 0 Å². The zero-order valence-electron chi connectivity index (χ0n) is 21.2. The normalized spacial score (nSPS) is 15.1. The Hall–Kier alpha value is -4.77.